The Morgan fingerprint density at radius 1 is 1.12 bits per heavy atom. The van der Waals surface area contributed by atoms with Gasteiger partial charge in [0.1, 0.15) is 5.54 Å². The molecule has 0 aliphatic carbocycles. The van der Waals surface area contributed by atoms with Crippen molar-refractivity contribution in [3.63, 3.8) is 0 Å². The second-order valence-corrected chi connectivity index (χ2v) is 8.03. The predicted molar refractivity (Wildman–Crippen MR) is 113 cm³/mol. The highest BCUT2D eigenvalue weighted by Gasteiger charge is 2.46. The topological polar surface area (TPSA) is 94.5 Å². The third-order valence-electron chi connectivity index (χ3n) is 4.84. The first-order chi connectivity index (χ1) is 15.3. The molecule has 0 fully saturated rings. The van der Waals surface area contributed by atoms with Crippen molar-refractivity contribution in [3.05, 3.63) is 53.9 Å². The van der Waals surface area contributed by atoms with Gasteiger partial charge in [0.2, 0.25) is 0 Å². The molecule has 2 aromatic rings. The molecule has 0 radical (unpaired) electrons. The van der Waals surface area contributed by atoms with E-state index in [1.54, 1.807) is 57.8 Å². The highest BCUT2D eigenvalue weighted by Crippen LogP contribution is 2.34. The van der Waals surface area contributed by atoms with E-state index in [0.717, 1.165) is 12.1 Å². The van der Waals surface area contributed by atoms with Gasteiger partial charge in [0.05, 0.1) is 11.7 Å². The number of hydrogen-bond acceptors (Lipinski definition) is 6. The Labute approximate surface area is 189 Å². The molecule has 1 N–H and O–H groups in total. The minimum Gasteiger partial charge on any atom is -0.461 e. The molecule has 0 saturated heterocycles. The van der Waals surface area contributed by atoms with Gasteiger partial charge in [-0.15, -0.1) is 0 Å². The summed E-state index contributed by atoms with van der Waals surface area (Å²) >= 11 is 0. The molecule has 0 bridgehead atoms. The molecule has 1 atom stereocenters. The zero-order valence-corrected chi connectivity index (χ0v) is 19.0. The first kappa shape index (κ1) is 27.6. The molecule has 0 amide bonds. The van der Waals surface area contributed by atoms with Gasteiger partial charge >= 0.3 is 18.3 Å². The highest BCUT2D eigenvalue weighted by atomic mass is 19.4. The number of Topliss-reactive ketones (excluding diaryl/α,β-unsaturated/α-hetero) is 1. The van der Waals surface area contributed by atoms with Crippen LogP contribution in [0, 0.1) is 5.92 Å². The summed E-state index contributed by atoms with van der Waals surface area (Å²) in [6, 6.07) is 6.19. The molecule has 1 heterocycles. The number of nitrogens with zero attached hydrogens (tertiary/aromatic N) is 1. The number of aryl methyl sites for hydroxylation is 1. The molecule has 0 spiro atoms. The zero-order valence-electron chi connectivity index (χ0n) is 19.0. The fourth-order valence-electron chi connectivity index (χ4n) is 3.13. The van der Waals surface area contributed by atoms with Crippen LogP contribution in [0.4, 0.5) is 18.9 Å². The van der Waals surface area contributed by atoms with Crippen molar-refractivity contribution in [1.82, 2.24) is 4.57 Å². The van der Waals surface area contributed by atoms with E-state index in [-0.39, 0.29) is 24.0 Å². The average Bonchev–Trinajstić information content (AvgIpc) is 3.13. The first-order valence-corrected chi connectivity index (χ1v) is 10.1. The molecule has 0 aliphatic heterocycles. The molecular weight excluding hydrogens is 441 g/mol. The second-order valence-electron chi connectivity index (χ2n) is 8.03. The number of nitrogens with one attached hydrogen (secondary N) is 1. The van der Waals surface area contributed by atoms with E-state index in [1.165, 1.54) is 12.1 Å². The van der Waals surface area contributed by atoms with E-state index in [9.17, 15) is 22.8 Å². The summed E-state index contributed by atoms with van der Waals surface area (Å²) in [4.78, 5) is 42.3. The number of alkyl halides is 3. The van der Waals surface area contributed by atoms with E-state index < -0.39 is 35.3 Å². The number of carbonyl (C=O) groups excluding carboxylic acids is 4. The van der Waals surface area contributed by atoms with Crippen molar-refractivity contribution in [2.45, 2.75) is 51.9 Å². The van der Waals surface area contributed by atoms with Gasteiger partial charge in [0.25, 0.3) is 0 Å². The van der Waals surface area contributed by atoms with E-state index in [0.29, 0.717) is 5.56 Å². The molecule has 1 aromatic carbocycles. The zero-order chi connectivity index (χ0) is 25.4. The van der Waals surface area contributed by atoms with Crippen molar-refractivity contribution < 1.29 is 37.1 Å². The number of halogens is 3. The Bertz CT molecular complexity index is 992. The van der Waals surface area contributed by atoms with Crippen LogP contribution in [0.15, 0.2) is 42.7 Å². The molecular formula is C23H27F3N2O5. The summed E-state index contributed by atoms with van der Waals surface area (Å²) in [5.74, 6) is -1.45. The van der Waals surface area contributed by atoms with Crippen LogP contribution in [0.3, 0.4) is 0 Å². The summed E-state index contributed by atoms with van der Waals surface area (Å²) in [5, 5.41) is 2.91. The van der Waals surface area contributed by atoms with Crippen molar-refractivity contribution in [1.29, 1.82) is 0 Å². The smallest absolute Gasteiger partial charge is 0.416 e. The number of benzene rings is 1. The molecule has 2 rings (SSSR count). The normalized spacial score (nSPS) is 12.9. The second kappa shape index (κ2) is 11.5. The van der Waals surface area contributed by atoms with Crippen LogP contribution in [0.25, 0.3) is 0 Å². The van der Waals surface area contributed by atoms with Gasteiger partial charge in [0, 0.05) is 37.1 Å². The summed E-state index contributed by atoms with van der Waals surface area (Å²) in [7, 11) is 1.76. The van der Waals surface area contributed by atoms with E-state index in [4.69, 9.17) is 14.3 Å². The first-order valence-electron chi connectivity index (χ1n) is 10.1. The molecule has 1 aromatic heterocycles. The Balaban J connectivity index is 0.00000172. The SMILES string of the molecule is CC(C)OC(=O)C(CC(=O)c1ccn(C)c1)(Nc1cccc(C(F)(F)F)c1)C(C)C.O=C=O. The lowest BCUT2D eigenvalue weighted by atomic mass is 9.80. The van der Waals surface area contributed by atoms with E-state index in [2.05, 4.69) is 5.32 Å². The van der Waals surface area contributed by atoms with Crippen molar-refractivity contribution >= 4 is 23.6 Å². The van der Waals surface area contributed by atoms with Gasteiger partial charge in [-0.1, -0.05) is 19.9 Å². The number of carbonyl (C=O) groups is 2. The lowest BCUT2D eigenvalue weighted by Crippen LogP contribution is -2.54. The Kier molecular flexibility index (Phi) is 9.61. The van der Waals surface area contributed by atoms with Crippen LogP contribution in [-0.4, -0.2) is 34.1 Å². The maximum absolute atomic E-state index is 13.1. The van der Waals surface area contributed by atoms with Crippen LogP contribution in [-0.2, 0) is 32.3 Å². The monoisotopic (exact) mass is 468 g/mol. The number of esters is 1. The summed E-state index contributed by atoms with van der Waals surface area (Å²) in [6.45, 7) is 6.79. The Morgan fingerprint density at radius 3 is 2.18 bits per heavy atom. The number of anilines is 1. The van der Waals surface area contributed by atoms with Gasteiger partial charge in [-0.3, -0.25) is 4.79 Å². The molecule has 0 saturated carbocycles. The van der Waals surface area contributed by atoms with Crippen molar-refractivity contribution in [2.24, 2.45) is 13.0 Å². The fourth-order valence-corrected chi connectivity index (χ4v) is 3.13. The number of rotatable bonds is 8. The largest absolute Gasteiger partial charge is 0.461 e. The fraction of sp³-hybridized carbons (Fsp3) is 0.435. The molecule has 7 nitrogen and oxygen atoms in total. The maximum Gasteiger partial charge on any atom is 0.416 e. The molecule has 10 heteroatoms. The number of ether oxygens (including phenoxy) is 1. The molecule has 33 heavy (non-hydrogen) atoms. The predicted octanol–water partition coefficient (Wildman–Crippen LogP) is 4.49. The third kappa shape index (κ3) is 7.61. The van der Waals surface area contributed by atoms with Crippen LogP contribution in [0.2, 0.25) is 0 Å². The van der Waals surface area contributed by atoms with E-state index >= 15 is 0 Å². The lowest BCUT2D eigenvalue weighted by molar-refractivity contribution is -0.191. The minimum atomic E-state index is -4.53. The number of hydrogen-bond donors (Lipinski definition) is 1. The number of ketones is 1. The van der Waals surface area contributed by atoms with Gasteiger partial charge in [-0.25, -0.2) is 4.79 Å². The lowest BCUT2D eigenvalue weighted by Gasteiger charge is -2.37. The third-order valence-corrected chi connectivity index (χ3v) is 4.84. The Morgan fingerprint density at radius 2 is 1.73 bits per heavy atom. The number of aromatic nitrogens is 1. The van der Waals surface area contributed by atoms with Gasteiger partial charge in [-0.2, -0.15) is 22.8 Å². The summed E-state index contributed by atoms with van der Waals surface area (Å²) in [6.07, 6.45) is -1.67. The maximum atomic E-state index is 13.1. The van der Waals surface area contributed by atoms with Crippen LogP contribution in [0.5, 0.6) is 0 Å². The van der Waals surface area contributed by atoms with Crippen molar-refractivity contribution in [3.8, 4) is 0 Å². The van der Waals surface area contributed by atoms with Crippen molar-refractivity contribution in [2.75, 3.05) is 5.32 Å². The van der Waals surface area contributed by atoms with Gasteiger partial charge in [-0.05, 0) is 44.0 Å². The summed E-state index contributed by atoms with van der Waals surface area (Å²) < 4.78 is 46.6. The van der Waals surface area contributed by atoms with Gasteiger partial charge < -0.3 is 14.6 Å². The van der Waals surface area contributed by atoms with Crippen LogP contribution in [0.1, 0.15) is 50.0 Å². The standard InChI is InChI=1S/C22H27F3N2O3.CO2/c1-14(2)21(20(29)30-15(3)4,12-19(28)16-9-10-27(5)13-16)26-18-8-6-7-17(11-18)22(23,24)25;2-1-3/h6-11,13-15,26H,12H2,1-5H3;. The Hall–Kier alpha value is -3.39. The minimum absolute atomic E-state index is 0.0834. The molecule has 1 unspecified atom stereocenters. The van der Waals surface area contributed by atoms with Crippen LogP contribution < -0.4 is 5.32 Å². The highest BCUT2D eigenvalue weighted by molar-refractivity contribution is 6.01. The molecule has 180 valence electrons. The average molecular weight is 468 g/mol. The van der Waals surface area contributed by atoms with E-state index in [1.807, 2.05) is 0 Å². The quantitative estimate of drug-likeness (QED) is 0.453. The van der Waals surface area contributed by atoms with Gasteiger partial charge in [0.15, 0.2) is 5.78 Å². The molecule has 0 aliphatic rings. The van der Waals surface area contributed by atoms with Crippen LogP contribution >= 0.6 is 0 Å². The summed E-state index contributed by atoms with van der Waals surface area (Å²) in [5.41, 5.74) is -1.90.